The Labute approximate surface area is 141 Å². The van der Waals surface area contributed by atoms with Gasteiger partial charge in [-0.25, -0.2) is 9.18 Å². The molecule has 4 nitrogen and oxygen atoms in total. The standard InChI is InChI=1S/C20H12FNO3/c21-14-6-3-5-13(10-14)19(23)22-17-11-16-15-7-2-1-4-12(15)8-9-18(16)25-20(17)24/h1-11H,(H,22,23). The van der Waals surface area contributed by atoms with Gasteiger partial charge in [0.15, 0.2) is 0 Å². The molecule has 3 aromatic carbocycles. The third kappa shape index (κ3) is 2.76. The summed E-state index contributed by atoms with van der Waals surface area (Å²) in [6.45, 7) is 0. The van der Waals surface area contributed by atoms with E-state index in [0.29, 0.717) is 11.0 Å². The van der Waals surface area contributed by atoms with Crippen molar-refractivity contribution in [3.05, 3.63) is 88.5 Å². The summed E-state index contributed by atoms with van der Waals surface area (Å²) < 4.78 is 18.6. The second kappa shape index (κ2) is 5.87. The molecule has 0 bridgehead atoms. The molecule has 0 aliphatic heterocycles. The normalized spacial score (nSPS) is 10.9. The van der Waals surface area contributed by atoms with Gasteiger partial charge in [-0.1, -0.05) is 36.4 Å². The van der Waals surface area contributed by atoms with Crippen LogP contribution in [0.25, 0.3) is 21.7 Å². The smallest absolute Gasteiger partial charge is 0.360 e. The van der Waals surface area contributed by atoms with Gasteiger partial charge in [-0.15, -0.1) is 0 Å². The Morgan fingerprint density at radius 3 is 2.60 bits per heavy atom. The molecule has 0 spiro atoms. The number of amides is 1. The van der Waals surface area contributed by atoms with E-state index in [9.17, 15) is 14.0 Å². The van der Waals surface area contributed by atoms with Gasteiger partial charge in [-0.3, -0.25) is 4.79 Å². The molecular formula is C20H12FNO3. The zero-order chi connectivity index (χ0) is 17.4. The number of hydrogen-bond acceptors (Lipinski definition) is 3. The highest BCUT2D eigenvalue weighted by Crippen LogP contribution is 2.26. The van der Waals surface area contributed by atoms with Crippen molar-refractivity contribution in [1.82, 2.24) is 0 Å². The molecule has 122 valence electrons. The van der Waals surface area contributed by atoms with Crippen LogP contribution in [-0.2, 0) is 0 Å². The molecule has 0 aliphatic rings. The highest BCUT2D eigenvalue weighted by atomic mass is 19.1. The predicted octanol–water partition coefficient (Wildman–Crippen LogP) is 4.34. The van der Waals surface area contributed by atoms with E-state index < -0.39 is 17.3 Å². The first-order chi connectivity index (χ1) is 12.1. The Balaban J connectivity index is 1.81. The Morgan fingerprint density at radius 2 is 1.76 bits per heavy atom. The third-order valence-corrected chi connectivity index (χ3v) is 3.98. The molecule has 0 atom stereocenters. The van der Waals surface area contributed by atoms with Crippen LogP contribution in [0.2, 0.25) is 0 Å². The second-order valence-corrected chi connectivity index (χ2v) is 5.61. The minimum absolute atomic E-state index is 0.0121. The number of carbonyl (C=O) groups excluding carboxylic acids is 1. The first-order valence-corrected chi connectivity index (χ1v) is 7.64. The van der Waals surface area contributed by atoms with E-state index in [1.807, 2.05) is 30.3 Å². The van der Waals surface area contributed by atoms with Gasteiger partial charge in [-0.05, 0) is 41.1 Å². The molecule has 4 aromatic rings. The topological polar surface area (TPSA) is 59.3 Å². The van der Waals surface area contributed by atoms with Crippen molar-refractivity contribution >= 4 is 33.3 Å². The van der Waals surface area contributed by atoms with Crippen LogP contribution in [-0.4, -0.2) is 5.91 Å². The van der Waals surface area contributed by atoms with Crippen LogP contribution >= 0.6 is 0 Å². The molecule has 1 N–H and O–H groups in total. The van der Waals surface area contributed by atoms with Crippen molar-refractivity contribution in [2.75, 3.05) is 5.32 Å². The number of halogens is 1. The molecule has 0 radical (unpaired) electrons. The number of nitrogens with one attached hydrogen (secondary N) is 1. The van der Waals surface area contributed by atoms with Crippen LogP contribution in [0, 0.1) is 5.82 Å². The van der Waals surface area contributed by atoms with Gasteiger partial charge in [0.1, 0.15) is 17.1 Å². The number of carbonyl (C=O) groups is 1. The number of fused-ring (bicyclic) bond motifs is 3. The summed E-state index contributed by atoms with van der Waals surface area (Å²) in [5.41, 5.74) is -0.0875. The first kappa shape index (κ1) is 15.1. The number of hydrogen-bond donors (Lipinski definition) is 1. The lowest BCUT2D eigenvalue weighted by atomic mass is 10.1. The predicted molar refractivity (Wildman–Crippen MR) is 94.3 cm³/mol. The average molecular weight is 333 g/mol. The van der Waals surface area contributed by atoms with E-state index in [0.717, 1.165) is 16.8 Å². The third-order valence-electron chi connectivity index (χ3n) is 3.98. The Kier molecular flexibility index (Phi) is 3.54. The molecule has 25 heavy (non-hydrogen) atoms. The van der Waals surface area contributed by atoms with Crippen molar-refractivity contribution in [3.63, 3.8) is 0 Å². The monoisotopic (exact) mass is 333 g/mol. The van der Waals surface area contributed by atoms with Gasteiger partial charge in [0.2, 0.25) is 0 Å². The molecule has 0 saturated carbocycles. The highest BCUT2D eigenvalue weighted by Gasteiger charge is 2.12. The minimum Gasteiger partial charge on any atom is -0.421 e. The van der Waals surface area contributed by atoms with Crippen LogP contribution in [0.3, 0.4) is 0 Å². The van der Waals surface area contributed by atoms with Gasteiger partial charge in [0, 0.05) is 10.9 Å². The van der Waals surface area contributed by atoms with Crippen LogP contribution in [0.5, 0.6) is 0 Å². The van der Waals surface area contributed by atoms with E-state index in [1.165, 1.54) is 18.2 Å². The van der Waals surface area contributed by atoms with Crippen LogP contribution in [0.15, 0.2) is 75.9 Å². The molecule has 5 heteroatoms. The molecule has 1 aromatic heterocycles. The second-order valence-electron chi connectivity index (χ2n) is 5.61. The SMILES string of the molecule is O=C(Nc1cc2c(ccc3ccccc32)oc1=O)c1cccc(F)c1. The van der Waals surface area contributed by atoms with Crippen LogP contribution < -0.4 is 10.9 Å². The molecule has 1 amide bonds. The van der Waals surface area contributed by atoms with Crippen molar-refractivity contribution in [2.45, 2.75) is 0 Å². The highest BCUT2D eigenvalue weighted by molar-refractivity contribution is 6.08. The number of benzene rings is 3. The maximum absolute atomic E-state index is 13.3. The Morgan fingerprint density at radius 1 is 0.920 bits per heavy atom. The fourth-order valence-electron chi connectivity index (χ4n) is 2.78. The molecule has 1 heterocycles. The van der Waals surface area contributed by atoms with Crippen molar-refractivity contribution in [1.29, 1.82) is 0 Å². The lowest BCUT2D eigenvalue weighted by Gasteiger charge is -2.07. The summed E-state index contributed by atoms with van der Waals surface area (Å²) >= 11 is 0. The van der Waals surface area contributed by atoms with E-state index in [1.54, 1.807) is 12.1 Å². The zero-order valence-corrected chi connectivity index (χ0v) is 13.0. The first-order valence-electron chi connectivity index (χ1n) is 7.64. The summed E-state index contributed by atoms with van der Waals surface area (Å²) in [6.07, 6.45) is 0. The summed E-state index contributed by atoms with van der Waals surface area (Å²) in [6, 6.07) is 18.1. The quantitative estimate of drug-likeness (QED) is 0.438. The Bertz CT molecular complexity index is 1180. The van der Waals surface area contributed by atoms with Gasteiger partial charge < -0.3 is 9.73 Å². The van der Waals surface area contributed by atoms with Gasteiger partial charge >= 0.3 is 5.63 Å². The summed E-state index contributed by atoms with van der Waals surface area (Å²) in [7, 11) is 0. The number of anilines is 1. The summed E-state index contributed by atoms with van der Waals surface area (Å²) in [5.74, 6) is -1.10. The molecule has 0 fully saturated rings. The molecule has 0 unspecified atom stereocenters. The zero-order valence-electron chi connectivity index (χ0n) is 13.0. The van der Waals surface area contributed by atoms with Crippen molar-refractivity contribution in [2.24, 2.45) is 0 Å². The molecule has 0 saturated heterocycles. The average Bonchev–Trinajstić information content (AvgIpc) is 2.62. The van der Waals surface area contributed by atoms with E-state index in [4.69, 9.17) is 4.42 Å². The lowest BCUT2D eigenvalue weighted by molar-refractivity contribution is 0.102. The maximum Gasteiger partial charge on any atom is 0.360 e. The van der Waals surface area contributed by atoms with Crippen LogP contribution in [0.1, 0.15) is 10.4 Å². The fraction of sp³-hybridized carbons (Fsp3) is 0. The van der Waals surface area contributed by atoms with E-state index >= 15 is 0 Å². The maximum atomic E-state index is 13.3. The molecular weight excluding hydrogens is 321 g/mol. The summed E-state index contributed by atoms with van der Waals surface area (Å²) in [5, 5.41) is 5.11. The van der Waals surface area contributed by atoms with Gasteiger partial charge in [0.05, 0.1) is 0 Å². The van der Waals surface area contributed by atoms with Crippen molar-refractivity contribution in [3.8, 4) is 0 Å². The largest absolute Gasteiger partial charge is 0.421 e. The lowest BCUT2D eigenvalue weighted by Crippen LogP contribution is -2.17. The van der Waals surface area contributed by atoms with E-state index in [2.05, 4.69) is 5.32 Å². The molecule has 4 rings (SSSR count). The fourth-order valence-corrected chi connectivity index (χ4v) is 2.78. The Hall–Kier alpha value is -3.47. The van der Waals surface area contributed by atoms with Crippen LogP contribution in [0.4, 0.5) is 10.1 Å². The minimum atomic E-state index is -0.660. The van der Waals surface area contributed by atoms with Gasteiger partial charge in [0.25, 0.3) is 5.91 Å². The van der Waals surface area contributed by atoms with E-state index in [-0.39, 0.29) is 11.3 Å². The number of rotatable bonds is 2. The van der Waals surface area contributed by atoms with Crippen molar-refractivity contribution < 1.29 is 13.6 Å². The molecule has 0 aliphatic carbocycles. The summed E-state index contributed by atoms with van der Waals surface area (Å²) in [4.78, 5) is 24.4. The van der Waals surface area contributed by atoms with Gasteiger partial charge in [-0.2, -0.15) is 0 Å².